The Morgan fingerprint density at radius 1 is 1.24 bits per heavy atom. The minimum atomic E-state index is 0.0454. The van der Waals surface area contributed by atoms with E-state index in [-0.39, 0.29) is 5.91 Å². The van der Waals surface area contributed by atoms with Gasteiger partial charge in [0.25, 0.3) is 0 Å². The first kappa shape index (κ1) is 15.8. The van der Waals surface area contributed by atoms with Crippen molar-refractivity contribution in [2.24, 2.45) is 0 Å². The lowest BCUT2D eigenvalue weighted by Crippen LogP contribution is -2.35. The zero-order valence-corrected chi connectivity index (χ0v) is 14.0. The van der Waals surface area contributed by atoms with Gasteiger partial charge in [-0.15, -0.1) is 0 Å². The molecule has 25 heavy (non-hydrogen) atoms. The molecule has 0 radical (unpaired) electrons. The van der Waals surface area contributed by atoms with Crippen LogP contribution < -0.4 is 5.32 Å². The number of nitrogens with zero attached hydrogens (tertiary/aromatic N) is 4. The van der Waals surface area contributed by atoms with E-state index in [1.165, 1.54) is 5.56 Å². The van der Waals surface area contributed by atoms with Gasteiger partial charge in [-0.3, -0.25) is 9.69 Å². The number of fused-ring (bicyclic) bond motifs is 1. The monoisotopic (exact) mass is 335 g/mol. The first-order valence-corrected chi connectivity index (χ1v) is 8.61. The molecule has 1 N–H and O–H groups in total. The number of likely N-dealkylation sites (tertiary alicyclic amines) is 1. The number of hydrogen-bond acceptors (Lipinski definition) is 4. The van der Waals surface area contributed by atoms with Gasteiger partial charge in [0, 0.05) is 31.0 Å². The van der Waals surface area contributed by atoms with E-state index in [0.29, 0.717) is 19.0 Å². The first-order valence-electron chi connectivity index (χ1n) is 8.61. The highest BCUT2D eigenvalue weighted by molar-refractivity contribution is 5.78. The van der Waals surface area contributed by atoms with Crippen LogP contribution >= 0.6 is 0 Å². The molecule has 1 aliphatic rings. The van der Waals surface area contributed by atoms with Crippen molar-refractivity contribution in [3.8, 4) is 0 Å². The average Bonchev–Trinajstić information content (AvgIpc) is 3.28. The van der Waals surface area contributed by atoms with Crippen LogP contribution in [-0.2, 0) is 11.3 Å². The summed E-state index contributed by atoms with van der Waals surface area (Å²) in [6.45, 7) is 2.80. The Kier molecular flexibility index (Phi) is 4.43. The molecule has 1 saturated heterocycles. The van der Waals surface area contributed by atoms with E-state index in [4.69, 9.17) is 0 Å². The number of hydrogen-bond donors (Lipinski definition) is 1. The Hall–Kier alpha value is -2.73. The van der Waals surface area contributed by atoms with Gasteiger partial charge in [-0.25, -0.2) is 9.50 Å². The smallest absolute Gasteiger partial charge is 0.234 e. The Morgan fingerprint density at radius 3 is 3.00 bits per heavy atom. The third kappa shape index (κ3) is 3.53. The average molecular weight is 335 g/mol. The lowest BCUT2D eigenvalue weighted by Gasteiger charge is -2.15. The Balaban J connectivity index is 1.30. The number of amides is 1. The second-order valence-corrected chi connectivity index (χ2v) is 6.47. The highest BCUT2D eigenvalue weighted by Crippen LogP contribution is 2.26. The van der Waals surface area contributed by atoms with Crippen LogP contribution in [-0.4, -0.2) is 45.0 Å². The van der Waals surface area contributed by atoms with Crippen LogP contribution in [0.4, 0.5) is 0 Å². The SMILES string of the molecule is O=C(CN1CC[C@@H](c2ccccc2)C1)NCc1cnn2cccnc12. The van der Waals surface area contributed by atoms with Crippen molar-refractivity contribution >= 4 is 11.6 Å². The third-order valence-corrected chi connectivity index (χ3v) is 4.74. The lowest BCUT2D eigenvalue weighted by atomic mass is 9.99. The standard InChI is InChI=1S/C19H21N5O/c25-18(21-11-17-12-22-24-9-4-8-20-19(17)24)14-23-10-7-16(13-23)15-5-2-1-3-6-15/h1-6,8-9,12,16H,7,10-11,13-14H2,(H,21,25)/t16-/m1/s1. The molecule has 1 amide bonds. The van der Waals surface area contributed by atoms with E-state index in [2.05, 4.69) is 44.6 Å². The number of rotatable bonds is 5. The van der Waals surface area contributed by atoms with Crippen LogP contribution in [0.5, 0.6) is 0 Å². The predicted molar refractivity (Wildman–Crippen MR) is 95.1 cm³/mol. The quantitative estimate of drug-likeness (QED) is 0.773. The highest BCUT2D eigenvalue weighted by Gasteiger charge is 2.25. The van der Waals surface area contributed by atoms with Gasteiger partial charge in [0.2, 0.25) is 5.91 Å². The maximum absolute atomic E-state index is 12.3. The summed E-state index contributed by atoms with van der Waals surface area (Å²) in [4.78, 5) is 18.8. The molecule has 1 aliphatic heterocycles. The molecule has 6 heteroatoms. The number of aromatic nitrogens is 3. The Labute approximate surface area is 146 Å². The summed E-state index contributed by atoms with van der Waals surface area (Å²) >= 11 is 0. The van der Waals surface area contributed by atoms with Crippen molar-refractivity contribution in [1.82, 2.24) is 24.8 Å². The molecule has 0 saturated carbocycles. The lowest BCUT2D eigenvalue weighted by molar-refractivity contribution is -0.122. The molecule has 3 heterocycles. The molecule has 4 rings (SSSR count). The zero-order valence-electron chi connectivity index (χ0n) is 14.0. The minimum Gasteiger partial charge on any atom is -0.351 e. The van der Waals surface area contributed by atoms with Gasteiger partial charge >= 0.3 is 0 Å². The van der Waals surface area contributed by atoms with Crippen LogP contribution in [0.2, 0.25) is 0 Å². The van der Waals surface area contributed by atoms with Gasteiger partial charge in [-0.05, 0) is 30.5 Å². The topological polar surface area (TPSA) is 62.5 Å². The van der Waals surface area contributed by atoms with Gasteiger partial charge in [-0.2, -0.15) is 5.10 Å². The maximum atomic E-state index is 12.3. The van der Waals surface area contributed by atoms with Crippen molar-refractivity contribution < 1.29 is 4.79 Å². The van der Waals surface area contributed by atoms with E-state index in [9.17, 15) is 4.79 Å². The minimum absolute atomic E-state index is 0.0454. The Bertz CT molecular complexity index is 860. The summed E-state index contributed by atoms with van der Waals surface area (Å²) in [7, 11) is 0. The maximum Gasteiger partial charge on any atom is 0.234 e. The van der Waals surface area contributed by atoms with Crippen LogP contribution in [0, 0.1) is 0 Å². The summed E-state index contributed by atoms with van der Waals surface area (Å²) in [6, 6.07) is 12.4. The number of benzene rings is 1. The second kappa shape index (κ2) is 7.03. The molecule has 0 aliphatic carbocycles. The third-order valence-electron chi connectivity index (χ3n) is 4.74. The molecule has 1 atom stereocenters. The highest BCUT2D eigenvalue weighted by atomic mass is 16.2. The van der Waals surface area contributed by atoms with Crippen molar-refractivity contribution in [2.45, 2.75) is 18.9 Å². The van der Waals surface area contributed by atoms with E-state index < -0.39 is 0 Å². The van der Waals surface area contributed by atoms with E-state index >= 15 is 0 Å². The fourth-order valence-corrected chi connectivity index (χ4v) is 3.43. The molecule has 3 aromatic rings. The normalized spacial score (nSPS) is 17.8. The summed E-state index contributed by atoms with van der Waals surface area (Å²) in [5.74, 6) is 0.571. The molecule has 0 unspecified atom stereocenters. The van der Waals surface area contributed by atoms with Crippen LogP contribution in [0.25, 0.3) is 5.65 Å². The molecule has 128 valence electrons. The van der Waals surface area contributed by atoms with Crippen molar-refractivity contribution in [1.29, 1.82) is 0 Å². The van der Waals surface area contributed by atoms with Crippen molar-refractivity contribution in [2.75, 3.05) is 19.6 Å². The predicted octanol–water partition coefficient (Wildman–Crippen LogP) is 1.84. The first-order chi connectivity index (χ1) is 12.3. The van der Waals surface area contributed by atoms with Gasteiger partial charge < -0.3 is 5.32 Å². The van der Waals surface area contributed by atoms with Gasteiger partial charge in [0.15, 0.2) is 5.65 Å². The number of nitrogens with one attached hydrogen (secondary N) is 1. The largest absolute Gasteiger partial charge is 0.351 e. The fourth-order valence-electron chi connectivity index (χ4n) is 3.43. The zero-order chi connectivity index (χ0) is 17.1. The molecular formula is C19H21N5O. The molecule has 0 bridgehead atoms. The number of carbonyl (C=O) groups is 1. The fraction of sp³-hybridized carbons (Fsp3) is 0.316. The van der Waals surface area contributed by atoms with Crippen LogP contribution in [0.1, 0.15) is 23.5 Å². The summed E-state index contributed by atoms with van der Waals surface area (Å²) < 4.78 is 1.71. The van der Waals surface area contributed by atoms with Gasteiger partial charge in [0.1, 0.15) is 0 Å². The summed E-state index contributed by atoms with van der Waals surface area (Å²) in [6.07, 6.45) is 6.44. The summed E-state index contributed by atoms with van der Waals surface area (Å²) in [5, 5.41) is 7.22. The van der Waals surface area contributed by atoms with Crippen molar-refractivity contribution in [3.63, 3.8) is 0 Å². The van der Waals surface area contributed by atoms with E-state index in [1.807, 2.05) is 18.3 Å². The Morgan fingerprint density at radius 2 is 2.12 bits per heavy atom. The number of carbonyl (C=O) groups excluding carboxylic acids is 1. The molecule has 6 nitrogen and oxygen atoms in total. The van der Waals surface area contributed by atoms with E-state index in [1.54, 1.807) is 16.9 Å². The van der Waals surface area contributed by atoms with Crippen LogP contribution in [0.3, 0.4) is 0 Å². The molecule has 1 fully saturated rings. The van der Waals surface area contributed by atoms with Crippen LogP contribution in [0.15, 0.2) is 55.0 Å². The van der Waals surface area contributed by atoms with Gasteiger partial charge in [0.05, 0.1) is 12.7 Å². The molecule has 2 aromatic heterocycles. The molecule has 1 aromatic carbocycles. The van der Waals surface area contributed by atoms with E-state index in [0.717, 1.165) is 30.7 Å². The molecule has 0 spiro atoms. The van der Waals surface area contributed by atoms with Gasteiger partial charge in [-0.1, -0.05) is 30.3 Å². The summed E-state index contributed by atoms with van der Waals surface area (Å²) in [5.41, 5.74) is 3.08. The molecular weight excluding hydrogens is 314 g/mol. The second-order valence-electron chi connectivity index (χ2n) is 6.47. The van der Waals surface area contributed by atoms with Crippen molar-refractivity contribution in [3.05, 3.63) is 66.1 Å².